The molecule has 36 heavy (non-hydrogen) atoms. The van der Waals surface area contributed by atoms with Crippen LogP contribution >= 0.6 is 0 Å². The van der Waals surface area contributed by atoms with Crippen molar-refractivity contribution >= 4 is 11.9 Å². The largest absolute Gasteiger partial charge is 0.481 e. The zero-order valence-corrected chi connectivity index (χ0v) is 25.0. The first-order valence-corrected chi connectivity index (χ1v) is 14.2. The van der Waals surface area contributed by atoms with Crippen molar-refractivity contribution in [3.8, 4) is 0 Å². The van der Waals surface area contributed by atoms with Gasteiger partial charge in [0.05, 0.1) is 5.41 Å². The minimum Gasteiger partial charge on any atom is -0.481 e. The molecule has 2 aliphatic rings. The molecule has 0 aromatic heterocycles. The van der Waals surface area contributed by atoms with E-state index in [-0.39, 0.29) is 40.4 Å². The van der Waals surface area contributed by atoms with E-state index in [0.717, 1.165) is 51.4 Å². The summed E-state index contributed by atoms with van der Waals surface area (Å²) in [5.74, 6) is -1.11. The number of unbranched alkanes of at least 4 members (excludes halogenated alkanes) is 4. The van der Waals surface area contributed by atoms with Gasteiger partial charge in [0.2, 0.25) is 0 Å². The molecule has 2 saturated heterocycles. The number of carboxylic acid groups (broad SMARTS) is 2. The number of hydrogen-bond donors (Lipinski definition) is 2. The Balaban J connectivity index is 2.42. The maximum absolute atomic E-state index is 13.6. The van der Waals surface area contributed by atoms with E-state index in [1.165, 1.54) is 0 Å². The number of nitrogens with zero attached hydrogens (tertiary/aromatic N) is 2. The molecule has 0 saturated carbocycles. The molecule has 0 radical (unpaired) electrons. The van der Waals surface area contributed by atoms with Crippen molar-refractivity contribution in [1.29, 1.82) is 0 Å². The van der Waals surface area contributed by atoms with E-state index in [2.05, 4.69) is 79.3 Å². The topological polar surface area (TPSA) is 81.1 Å². The Morgan fingerprint density at radius 2 is 1.00 bits per heavy atom. The van der Waals surface area contributed by atoms with Crippen LogP contribution in [0.2, 0.25) is 0 Å². The Hall–Kier alpha value is -1.14. The second-order valence-electron chi connectivity index (χ2n) is 14.6. The molecule has 0 unspecified atom stereocenters. The van der Waals surface area contributed by atoms with E-state index >= 15 is 0 Å². The highest BCUT2D eigenvalue weighted by molar-refractivity contribution is 5.76. The van der Waals surface area contributed by atoms with Crippen molar-refractivity contribution in [3.63, 3.8) is 0 Å². The number of aliphatic carboxylic acids is 2. The van der Waals surface area contributed by atoms with Gasteiger partial charge in [-0.15, -0.1) is 0 Å². The summed E-state index contributed by atoms with van der Waals surface area (Å²) >= 11 is 0. The zero-order valence-electron chi connectivity index (χ0n) is 25.0. The van der Waals surface area contributed by atoms with Crippen LogP contribution in [0.1, 0.15) is 126 Å². The van der Waals surface area contributed by atoms with Gasteiger partial charge in [-0.3, -0.25) is 19.4 Å². The molecule has 2 fully saturated rings. The number of hydrogen-bond acceptors (Lipinski definition) is 4. The highest BCUT2D eigenvalue weighted by Crippen LogP contribution is 2.58. The molecule has 0 aromatic rings. The third-order valence-electron chi connectivity index (χ3n) is 10.5. The van der Waals surface area contributed by atoms with Crippen LogP contribution in [0, 0.1) is 17.3 Å². The van der Waals surface area contributed by atoms with Gasteiger partial charge < -0.3 is 10.2 Å². The maximum Gasteiger partial charge on any atom is 0.310 e. The minimum atomic E-state index is -0.757. The molecule has 0 atom stereocenters. The Morgan fingerprint density at radius 1 is 0.667 bits per heavy atom. The third kappa shape index (κ3) is 6.46. The van der Waals surface area contributed by atoms with Crippen LogP contribution in [0.15, 0.2) is 0 Å². The van der Waals surface area contributed by atoms with Crippen LogP contribution < -0.4 is 0 Å². The molecule has 210 valence electrons. The highest BCUT2D eigenvalue weighted by Gasteiger charge is 2.60. The summed E-state index contributed by atoms with van der Waals surface area (Å²) in [5.41, 5.74) is -1.03. The molecule has 0 amide bonds. The van der Waals surface area contributed by atoms with Crippen LogP contribution in [-0.2, 0) is 9.59 Å². The van der Waals surface area contributed by atoms with Gasteiger partial charge in [0.25, 0.3) is 0 Å². The van der Waals surface area contributed by atoms with Crippen LogP contribution in [0.4, 0.5) is 0 Å². The van der Waals surface area contributed by atoms with Crippen LogP contribution in [0.25, 0.3) is 0 Å². The number of rotatable bonds is 11. The van der Waals surface area contributed by atoms with Gasteiger partial charge in [-0.1, -0.05) is 25.7 Å². The average Bonchev–Trinajstić information content (AvgIpc) is 2.70. The van der Waals surface area contributed by atoms with Gasteiger partial charge in [-0.25, -0.2) is 0 Å². The first-order chi connectivity index (χ1) is 16.3. The number of likely N-dealkylation sites (tertiary alicyclic amines) is 2. The standard InChI is InChI=1S/C30H56N2O4/c1-26(2)18-22(19-27(3,4)31(26)9)30(25(35)36,17-15-13-11-12-14-16-24(33)34)23-20-28(5,6)32(10)29(7,8)21-23/h22-23H,11-21H2,1-10H3,(H,33,34)(H,35,36). The fourth-order valence-corrected chi connectivity index (χ4v) is 7.89. The van der Waals surface area contributed by atoms with Gasteiger partial charge in [-0.2, -0.15) is 0 Å². The smallest absolute Gasteiger partial charge is 0.310 e. The van der Waals surface area contributed by atoms with E-state index in [1.54, 1.807) is 0 Å². The van der Waals surface area contributed by atoms with Gasteiger partial charge in [0, 0.05) is 28.6 Å². The SMILES string of the molecule is CN1C(C)(C)CC(C(CCCCCCCC(=O)O)(C(=O)O)C2CC(C)(C)N(C)C(C)(C)C2)CC1(C)C. The summed E-state index contributed by atoms with van der Waals surface area (Å²) in [7, 11) is 4.38. The fraction of sp³-hybridized carbons (Fsp3) is 0.933. The zero-order chi connectivity index (χ0) is 27.7. The van der Waals surface area contributed by atoms with Crippen LogP contribution in [-0.4, -0.2) is 68.2 Å². The Kier molecular flexibility index (Phi) is 9.43. The molecule has 2 N–H and O–H groups in total. The highest BCUT2D eigenvalue weighted by atomic mass is 16.4. The van der Waals surface area contributed by atoms with Crippen molar-refractivity contribution in [2.45, 2.75) is 148 Å². The van der Waals surface area contributed by atoms with Crippen molar-refractivity contribution in [2.75, 3.05) is 14.1 Å². The number of piperidine rings is 2. The molecular weight excluding hydrogens is 452 g/mol. The van der Waals surface area contributed by atoms with Crippen LogP contribution in [0.5, 0.6) is 0 Å². The fourth-order valence-electron chi connectivity index (χ4n) is 7.89. The second kappa shape index (κ2) is 10.9. The van der Waals surface area contributed by atoms with Crippen molar-refractivity contribution in [1.82, 2.24) is 9.80 Å². The quantitative estimate of drug-likeness (QED) is 0.303. The monoisotopic (exact) mass is 508 g/mol. The minimum absolute atomic E-state index is 0.0690. The second-order valence-corrected chi connectivity index (χ2v) is 14.6. The molecule has 2 heterocycles. The summed E-state index contributed by atoms with van der Waals surface area (Å²) < 4.78 is 0. The Labute approximate surface area is 221 Å². The lowest BCUT2D eigenvalue weighted by Gasteiger charge is -2.61. The van der Waals surface area contributed by atoms with Crippen LogP contribution in [0.3, 0.4) is 0 Å². The lowest BCUT2D eigenvalue weighted by atomic mass is 9.52. The number of carboxylic acids is 2. The predicted molar refractivity (Wildman–Crippen MR) is 147 cm³/mol. The predicted octanol–water partition coefficient (Wildman–Crippen LogP) is 6.67. The van der Waals surface area contributed by atoms with E-state index in [9.17, 15) is 14.7 Å². The molecule has 6 heteroatoms. The summed E-state index contributed by atoms with van der Waals surface area (Å²) in [5, 5.41) is 20.1. The van der Waals surface area contributed by atoms with Crippen molar-refractivity contribution in [2.24, 2.45) is 17.3 Å². The van der Waals surface area contributed by atoms with E-state index in [4.69, 9.17) is 5.11 Å². The lowest BCUT2D eigenvalue weighted by Crippen LogP contribution is -2.65. The molecule has 0 aliphatic carbocycles. The number of carbonyl (C=O) groups is 2. The molecule has 0 bridgehead atoms. The molecule has 0 spiro atoms. The van der Waals surface area contributed by atoms with Gasteiger partial charge >= 0.3 is 11.9 Å². The molecule has 6 nitrogen and oxygen atoms in total. The first-order valence-electron chi connectivity index (χ1n) is 14.2. The molecular formula is C30H56N2O4. The van der Waals surface area contributed by atoms with Crippen molar-refractivity contribution < 1.29 is 19.8 Å². The normalized spacial score (nSPS) is 25.1. The van der Waals surface area contributed by atoms with Gasteiger partial charge in [0.15, 0.2) is 0 Å². The van der Waals surface area contributed by atoms with E-state index < -0.39 is 17.4 Å². The maximum atomic E-state index is 13.6. The summed E-state index contributed by atoms with van der Waals surface area (Å²) in [4.78, 5) is 29.3. The summed E-state index contributed by atoms with van der Waals surface area (Å²) in [6.45, 7) is 18.2. The van der Waals surface area contributed by atoms with Gasteiger partial charge in [0.1, 0.15) is 0 Å². The molecule has 2 aliphatic heterocycles. The molecule has 0 aromatic carbocycles. The molecule has 2 rings (SSSR count). The Bertz CT molecular complexity index is 708. The van der Waals surface area contributed by atoms with E-state index in [1.807, 2.05) is 0 Å². The third-order valence-corrected chi connectivity index (χ3v) is 10.5. The summed E-state index contributed by atoms with van der Waals surface area (Å²) in [6.07, 6.45) is 8.93. The van der Waals surface area contributed by atoms with E-state index in [0.29, 0.717) is 12.8 Å². The summed E-state index contributed by atoms with van der Waals surface area (Å²) in [6, 6.07) is 0. The van der Waals surface area contributed by atoms with Crippen molar-refractivity contribution in [3.05, 3.63) is 0 Å². The Morgan fingerprint density at radius 3 is 1.33 bits per heavy atom. The average molecular weight is 509 g/mol. The lowest BCUT2D eigenvalue weighted by molar-refractivity contribution is -0.176. The first kappa shape index (κ1) is 31.1. The van der Waals surface area contributed by atoms with Gasteiger partial charge in [-0.05, 0) is 120 Å².